The predicted molar refractivity (Wildman–Crippen MR) is 52.4 cm³/mol. The molecule has 0 heterocycles. The summed E-state index contributed by atoms with van der Waals surface area (Å²) >= 11 is 0. The van der Waals surface area contributed by atoms with Crippen LogP contribution in [0.3, 0.4) is 0 Å². The van der Waals surface area contributed by atoms with Crippen LogP contribution in [0.15, 0.2) is 12.2 Å². The lowest BCUT2D eigenvalue weighted by Crippen LogP contribution is -1.86. The van der Waals surface area contributed by atoms with Crippen LogP contribution < -0.4 is 0 Å². The van der Waals surface area contributed by atoms with Crippen LogP contribution in [0.4, 0.5) is 0 Å². The molecule has 0 fully saturated rings. The second-order valence-corrected chi connectivity index (χ2v) is 3.50. The van der Waals surface area contributed by atoms with E-state index in [1.54, 1.807) is 0 Å². The number of hydrogen-bond acceptors (Lipinski definition) is 0. The van der Waals surface area contributed by atoms with E-state index in [2.05, 4.69) is 26.8 Å². The molecule has 0 nitrogen and oxygen atoms in total. The summed E-state index contributed by atoms with van der Waals surface area (Å²) in [4.78, 5) is 0. The van der Waals surface area contributed by atoms with Crippen LogP contribution >= 0.6 is 0 Å². The van der Waals surface area contributed by atoms with Crippen molar-refractivity contribution in [2.24, 2.45) is 5.92 Å². The highest BCUT2D eigenvalue weighted by Crippen LogP contribution is 2.09. The normalized spacial score (nSPS) is 11.6. The van der Waals surface area contributed by atoms with Crippen molar-refractivity contribution in [2.45, 2.75) is 46.0 Å². The molecule has 0 aliphatic carbocycles. The third-order valence-corrected chi connectivity index (χ3v) is 1.82. The van der Waals surface area contributed by atoms with Crippen molar-refractivity contribution < 1.29 is 0 Å². The Hall–Kier alpha value is -0.260. The van der Waals surface area contributed by atoms with Gasteiger partial charge < -0.3 is 0 Å². The minimum Gasteiger partial charge on any atom is -0.0885 e. The molecule has 0 amide bonds. The van der Waals surface area contributed by atoms with Gasteiger partial charge in [-0.2, -0.15) is 0 Å². The first-order valence-corrected chi connectivity index (χ1v) is 4.71. The van der Waals surface area contributed by atoms with E-state index in [4.69, 9.17) is 0 Å². The van der Waals surface area contributed by atoms with E-state index in [0.29, 0.717) is 0 Å². The molecule has 0 N–H and O–H groups in total. The molecule has 11 heavy (non-hydrogen) atoms. The molecule has 0 heteroatoms. The molecule has 0 aliphatic heterocycles. The summed E-state index contributed by atoms with van der Waals surface area (Å²) in [5, 5.41) is 0. The zero-order chi connectivity index (χ0) is 8.53. The molecule has 65 valence electrons. The summed E-state index contributed by atoms with van der Waals surface area (Å²) in [6, 6.07) is 0. The number of allylic oxidation sites excluding steroid dienone is 2. The highest BCUT2D eigenvalue weighted by atomic mass is 14.0. The van der Waals surface area contributed by atoms with Crippen molar-refractivity contribution in [1.29, 1.82) is 0 Å². The van der Waals surface area contributed by atoms with Gasteiger partial charge in [-0.1, -0.05) is 45.3 Å². The lowest BCUT2D eigenvalue weighted by Gasteiger charge is -2.02. The maximum Gasteiger partial charge on any atom is -0.0316 e. The number of hydrogen-bond donors (Lipinski definition) is 0. The van der Waals surface area contributed by atoms with Gasteiger partial charge in [0.05, 0.1) is 0 Å². The largest absolute Gasteiger partial charge is 0.0885 e. The molecule has 0 atom stereocenters. The number of unbranched alkanes of at least 4 members (excludes halogenated alkanes) is 3. The topological polar surface area (TPSA) is 0 Å². The van der Waals surface area contributed by atoms with Crippen LogP contribution in [0.5, 0.6) is 0 Å². The van der Waals surface area contributed by atoms with Crippen molar-refractivity contribution in [3.05, 3.63) is 19.1 Å². The van der Waals surface area contributed by atoms with E-state index < -0.39 is 0 Å². The van der Waals surface area contributed by atoms with Crippen LogP contribution in [0.2, 0.25) is 0 Å². The maximum atomic E-state index is 3.65. The molecule has 0 aromatic carbocycles. The first kappa shape index (κ1) is 10.7. The Morgan fingerprint density at radius 3 is 2.45 bits per heavy atom. The van der Waals surface area contributed by atoms with Gasteiger partial charge in [0.2, 0.25) is 0 Å². The zero-order valence-electron chi connectivity index (χ0n) is 7.97. The van der Waals surface area contributed by atoms with E-state index in [1.165, 1.54) is 32.1 Å². The van der Waals surface area contributed by atoms with Crippen molar-refractivity contribution in [1.82, 2.24) is 0 Å². The van der Waals surface area contributed by atoms with E-state index in [-0.39, 0.29) is 0 Å². The highest BCUT2D eigenvalue weighted by Gasteiger charge is 1.92. The molecular weight excluding hydrogens is 132 g/mol. The fourth-order valence-corrected chi connectivity index (χ4v) is 1.11. The SMILES string of the molecule is [CH2]C=CCCCCCC(C)C. The van der Waals surface area contributed by atoms with Crippen LogP contribution in [-0.4, -0.2) is 0 Å². The van der Waals surface area contributed by atoms with E-state index in [0.717, 1.165) is 5.92 Å². The summed E-state index contributed by atoms with van der Waals surface area (Å²) < 4.78 is 0. The van der Waals surface area contributed by atoms with Crippen molar-refractivity contribution in [2.75, 3.05) is 0 Å². The predicted octanol–water partition coefficient (Wildman–Crippen LogP) is 3.98. The molecule has 0 bridgehead atoms. The standard InChI is InChI=1S/C11H21/c1-4-5-6-7-8-9-10-11(2)3/h4-5,11H,1,6-10H2,2-3H3. The second-order valence-electron chi connectivity index (χ2n) is 3.50. The quantitative estimate of drug-likeness (QED) is 0.506. The molecule has 0 aromatic rings. The summed E-state index contributed by atoms with van der Waals surface area (Å²) in [5.41, 5.74) is 0. The first-order chi connectivity index (χ1) is 5.27. The average molecular weight is 153 g/mol. The molecule has 0 rings (SSSR count). The van der Waals surface area contributed by atoms with Gasteiger partial charge in [-0.05, 0) is 25.7 Å². The third kappa shape index (κ3) is 9.74. The Balaban J connectivity index is 2.91. The first-order valence-electron chi connectivity index (χ1n) is 4.71. The lowest BCUT2D eigenvalue weighted by atomic mass is 10.0. The summed E-state index contributed by atoms with van der Waals surface area (Å²) in [5.74, 6) is 0.874. The zero-order valence-corrected chi connectivity index (χ0v) is 7.97. The molecule has 0 saturated carbocycles. The summed E-state index contributed by atoms with van der Waals surface area (Å²) in [6.45, 7) is 8.23. The fraction of sp³-hybridized carbons (Fsp3) is 0.727. The minimum absolute atomic E-state index is 0.874. The van der Waals surface area contributed by atoms with Gasteiger partial charge in [0.25, 0.3) is 0 Å². The Labute approximate surface area is 71.7 Å². The molecule has 0 unspecified atom stereocenters. The van der Waals surface area contributed by atoms with Crippen molar-refractivity contribution in [3.63, 3.8) is 0 Å². The van der Waals surface area contributed by atoms with Crippen molar-refractivity contribution >= 4 is 0 Å². The summed E-state index contributed by atoms with van der Waals surface area (Å²) in [6.07, 6.45) is 10.7. The van der Waals surface area contributed by atoms with E-state index in [1.807, 2.05) is 6.08 Å². The number of rotatable bonds is 6. The van der Waals surface area contributed by atoms with Crippen molar-refractivity contribution in [3.8, 4) is 0 Å². The van der Waals surface area contributed by atoms with Crippen LogP contribution in [0, 0.1) is 12.8 Å². The van der Waals surface area contributed by atoms with Crippen LogP contribution in [0.1, 0.15) is 46.0 Å². The minimum atomic E-state index is 0.874. The van der Waals surface area contributed by atoms with E-state index >= 15 is 0 Å². The molecule has 0 aromatic heterocycles. The molecule has 0 spiro atoms. The van der Waals surface area contributed by atoms with Crippen LogP contribution in [0.25, 0.3) is 0 Å². The molecule has 1 radical (unpaired) electrons. The Morgan fingerprint density at radius 1 is 1.18 bits per heavy atom. The smallest absolute Gasteiger partial charge is 0.0316 e. The maximum absolute atomic E-state index is 3.65. The fourth-order valence-electron chi connectivity index (χ4n) is 1.11. The molecular formula is C11H21. The molecule has 0 saturated heterocycles. The van der Waals surface area contributed by atoms with E-state index in [9.17, 15) is 0 Å². The lowest BCUT2D eigenvalue weighted by molar-refractivity contribution is 0.528. The molecule has 0 aliphatic rings. The average Bonchev–Trinajstić information content (AvgIpc) is 1.96. The van der Waals surface area contributed by atoms with Crippen LogP contribution in [-0.2, 0) is 0 Å². The third-order valence-electron chi connectivity index (χ3n) is 1.82. The van der Waals surface area contributed by atoms with Gasteiger partial charge in [-0.25, -0.2) is 0 Å². The monoisotopic (exact) mass is 153 g/mol. The Kier molecular flexibility index (Phi) is 7.66. The Morgan fingerprint density at radius 2 is 1.91 bits per heavy atom. The van der Waals surface area contributed by atoms with Gasteiger partial charge in [0.15, 0.2) is 0 Å². The summed E-state index contributed by atoms with van der Waals surface area (Å²) in [7, 11) is 0. The van der Waals surface area contributed by atoms with Gasteiger partial charge in [0.1, 0.15) is 0 Å². The second kappa shape index (κ2) is 7.84. The van der Waals surface area contributed by atoms with Gasteiger partial charge in [-0.3, -0.25) is 0 Å². The Bertz CT molecular complexity index is 90.2. The van der Waals surface area contributed by atoms with Gasteiger partial charge >= 0.3 is 0 Å². The van der Waals surface area contributed by atoms with Gasteiger partial charge in [-0.15, -0.1) is 0 Å². The highest BCUT2D eigenvalue weighted by molar-refractivity contribution is 4.83. The van der Waals surface area contributed by atoms with Gasteiger partial charge in [0, 0.05) is 0 Å².